The van der Waals surface area contributed by atoms with E-state index in [2.05, 4.69) is 10.6 Å². The Morgan fingerprint density at radius 3 is 2.59 bits per heavy atom. The third-order valence-electron chi connectivity index (χ3n) is 5.69. The van der Waals surface area contributed by atoms with Crippen molar-refractivity contribution < 1.29 is 18.8 Å². The maximum atomic E-state index is 13.1. The summed E-state index contributed by atoms with van der Waals surface area (Å²) >= 11 is 0. The molecule has 0 atom stereocenters. The summed E-state index contributed by atoms with van der Waals surface area (Å²) in [6, 6.07) is 18.3. The Labute approximate surface area is 198 Å². The lowest BCUT2D eigenvalue weighted by molar-refractivity contribution is -0.128. The molecule has 1 saturated heterocycles. The van der Waals surface area contributed by atoms with Gasteiger partial charge in [-0.1, -0.05) is 42.0 Å². The number of hydrogen-bond donors (Lipinski definition) is 2. The molecule has 2 aromatic carbocycles. The lowest BCUT2D eigenvalue weighted by atomic mass is 10.1. The average Bonchev–Trinajstić information content (AvgIpc) is 3.49. The van der Waals surface area contributed by atoms with E-state index in [0.717, 1.165) is 29.7 Å². The highest BCUT2D eigenvalue weighted by Gasteiger charge is 2.21. The molecule has 1 aliphatic heterocycles. The lowest BCUT2D eigenvalue weighted by Gasteiger charge is -2.18. The maximum absolute atomic E-state index is 13.1. The van der Waals surface area contributed by atoms with E-state index in [1.165, 1.54) is 12.3 Å². The topological polar surface area (TPSA) is 91.7 Å². The standard InChI is InChI=1S/C27H27N3O4/c1-19-7-4-10-20(15-19)26(32)29-24(16-23-11-6-14-34-23)27(33)28-17-21-8-2-3-9-22(21)18-30-13-5-12-25(30)31/h2-4,6-11,14-16H,5,12-13,17-18H2,1H3,(H,28,33)(H,29,32)/b24-16-. The van der Waals surface area contributed by atoms with Crippen LogP contribution in [0.4, 0.5) is 0 Å². The molecule has 1 aromatic heterocycles. The lowest BCUT2D eigenvalue weighted by Crippen LogP contribution is -2.35. The Morgan fingerprint density at radius 1 is 1.06 bits per heavy atom. The number of nitrogens with one attached hydrogen (secondary N) is 2. The van der Waals surface area contributed by atoms with Crippen molar-refractivity contribution in [2.75, 3.05) is 6.54 Å². The Bertz CT molecular complexity index is 1210. The second kappa shape index (κ2) is 10.7. The number of likely N-dealkylation sites (tertiary alicyclic amines) is 1. The van der Waals surface area contributed by atoms with Gasteiger partial charge in [-0.15, -0.1) is 0 Å². The Hall–Kier alpha value is -4.13. The molecular weight excluding hydrogens is 430 g/mol. The van der Waals surface area contributed by atoms with Gasteiger partial charge in [-0.3, -0.25) is 14.4 Å². The van der Waals surface area contributed by atoms with Gasteiger partial charge in [0.25, 0.3) is 11.8 Å². The first-order valence-corrected chi connectivity index (χ1v) is 11.3. The number of carbonyl (C=O) groups is 3. The zero-order valence-corrected chi connectivity index (χ0v) is 19.0. The fourth-order valence-electron chi connectivity index (χ4n) is 3.89. The molecule has 0 radical (unpaired) electrons. The van der Waals surface area contributed by atoms with E-state index in [9.17, 15) is 14.4 Å². The smallest absolute Gasteiger partial charge is 0.268 e. The minimum absolute atomic E-state index is 0.0775. The fourth-order valence-corrected chi connectivity index (χ4v) is 3.89. The number of carbonyl (C=O) groups excluding carboxylic acids is 3. The van der Waals surface area contributed by atoms with Crippen LogP contribution in [-0.4, -0.2) is 29.2 Å². The second-order valence-electron chi connectivity index (χ2n) is 8.27. The van der Waals surface area contributed by atoms with Crippen molar-refractivity contribution in [2.24, 2.45) is 0 Å². The van der Waals surface area contributed by atoms with Crippen molar-refractivity contribution in [2.45, 2.75) is 32.9 Å². The minimum atomic E-state index is -0.440. The molecule has 1 aliphatic rings. The quantitative estimate of drug-likeness (QED) is 0.504. The van der Waals surface area contributed by atoms with E-state index in [-0.39, 0.29) is 24.1 Å². The monoisotopic (exact) mass is 457 g/mol. The summed E-state index contributed by atoms with van der Waals surface area (Å²) < 4.78 is 5.34. The van der Waals surface area contributed by atoms with Gasteiger partial charge in [-0.2, -0.15) is 0 Å². The third-order valence-corrected chi connectivity index (χ3v) is 5.69. The van der Waals surface area contributed by atoms with E-state index >= 15 is 0 Å². The minimum Gasteiger partial charge on any atom is -0.465 e. The molecule has 1 fully saturated rings. The fraction of sp³-hybridized carbons (Fsp3) is 0.222. The molecule has 0 bridgehead atoms. The molecule has 7 nitrogen and oxygen atoms in total. The van der Waals surface area contributed by atoms with Crippen molar-refractivity contribution in [1.82, 2.24) is 15.5 Å². The van der Waals surface area contributed by atoms with Crippen LogP contribution in [0.3, 0.4) is 0 Å². The van der Waals surface area contributed by atoms with E-state index in [0.29, 0.717) is 24.3 Å². The SMILES string of the molecule is Cc1cccc(C(=O)N/C(=C\c2ccco2)C(=O)NCc2ccccc2CN2CCCC2=O)c1. The van der Waals surface area contributed by atoms with Crippen molar-refractivity contribution in [3.8, 4) is 0 Å². The van der Waals surface area contributed by atoms with Gasteiger partial charge in [0.1, 0.15) is 11.5 Å². The van der Waals surface area contributed by atoms with Gasteiger partial charge in [0.2, 0.25) is 5.91 Å². The zero-order valence-electron chi connectivity index (χ0n) is 19.0. The predicted molar refractivity (Wildman–Crippen MR) is 128 cm³/mol. The molecule has 174 valence electrons. The predicted octanol–water partition coefficient (Wildman–Crippen LogP) is 3.80. The summed E-state index contributed by atoms with van der Waals surface area (Å²) in [5.74, 6) is -0.224. The van der Waals surface area contributed by atoms with E-state index in [1.54, 1.807) is 30.3 Å². The molecule has 3 aromatic rings. The number of rotatable bonds is 8. The van der Waals surface area contributed by atoms with Crippen LogP contribution >= 0.6 is 0 Å². The molecule has 2 heterocycles. The first-order chi connectivity index (χ1) is 16.5. The van der Waals surface area contributed by atoms with Crippen molar-refractivity contribution >= 4 is 23.8 Å². The summed E-state index contributed by atoms with van der Waals surface area (Å²) in [6.07, 6.45) is 4.46. The molecular formula is C27H27N3O4. The van der Waals surface area contributed by atoms with Crippen LogP contribution in [-0.2, 0) is 22.7 Å². The van der Waals surface area contributed by atoms with Crippen LogP contribution in [0.15, 0.2) is 77.0 Å². The largest absolute Gasteiger partial charge is 0.465 e. The van der Waals surface area contributed by atoms with Crippen molar-refractivity contribution in [3.05, 3.63) is 101 Å². The van der Waals surface area contributed by atoms with Crippen molar-refractivity contribution in [3.63, 3.8) is 0 Å². The zero-order chi connectivity index (χ0) is 23.9. The Kier molecular flexibility index (Phi) is 7.22. The van der Waals surface area contributed by atoms with E-state index in [1.807, 2.05) is 42.2 Å². The summed E-state index contributed by atoms with van der Waals surface area (Å²) in [5, 5.41) is 5.60. The average molecular weight is 458 g/mol. The van der Waals surface area contributed by atoms with Gasteiger partial charge in [0, 0.05) is 37.7 Å². The van der Waals surface area contributed by atoms with Crippen LogP contribution < -0.4 is 10.6 Å². The van der Waals surface area contributed by atoms with E-state index < -0.39 is 5.91 Å². The number of nitrogens with zero attached hydrogens (tertiary/aromatic N) is 1. The summed E-state index contributed by atoms with van der Waals surface area (Å²) in [4.78, 5) is 39.8. The van der Waals surface area contributed by atoms with Crippen LogP contribution in [0.2, 0.25) is 0 Å². The third kappa shape index (κ3) is 5.81. The first kappa shape index (κ1) is 23.0. The molecule has 4 rings (SSSR count). The Balaban J connectivity index is 1.48. The molecule has 3 amide bonds. The number of aryl methyl sites for hydroxylation is 1. The molecule has 2 N–H and O–H groups in total. The van der Waals surface area contributed by atoms with Crippen LogP contribution in [0, 0.1) is 6.92 Å². The highest BCUT2D eigenvalue weighted by Crippen LogP contribution is 2.17. The number of benzene rings is 2. The molecule has 0 unspecified atom stereocenters. The summed E-state index contributed by atoms with van der Waals surface area (Å²) in [6.45, 7) is 3.42. The molecule has 7 heteroatoms. The van der Waals surface area contributed by atoms with Gasteiger partial charge >= 0.3 is 0 Å². The van der Waals surface area contributed by atoms with Gasteiger partial charge in [0.05, 0.1) is 6.26 Å². The first-order valence-electron chi connectivity index (χ1n) is 11.3. The number of furan rings is 1. The van der Waals surface area contributed by atoms with Gasteiger partial charge in [-0.05, 0) is 48.7 Å². The summed E-state index contributed by atoms with van der Waals surface area (Å²) in [7, 11) is 0. The molecule has 0 saturated carbocycles. The van der Waals surface area contributed by atoms with Gasteiger partial charge < -0.3 is 20.0 Å². The number of hydrogen-bond acceptors (Lipinski definition) is 4. The second-order valence-corrected chi connectivity index (χ2v) is 8.27. The molecule has 0 spiro atoms. The van der Waals surface area contributed by atoms with E-state index in [4.69, 9.17) is 4.42 Å². The molecule has 0 aliphatic carbocycles. The van der Waals surface area contributed by atoms with Gasteiger partial charge in [-0.25, -0.2) is 0 Å². The maximum Gasteiger partial charge on any atom is 0.268 e. The van der Waals surface area contributed by atoms with Crippen LogP contribution in [0.1, 0.15) is 45.7 Å². The highest BCUT2D eigenvalue weighted by molar-refractivity contribution is 6.05. The van der Waals surface area contributed by atoms with Crippen molar-refractivity contribution in [1.29, 1.82) is 0 Å². The molecule has 34 heavy (non-hydrogen) atoms. The van der Waals surface area contributed by atoms with Gasteiger partial charge in [0.15, 0.2) is 0 Å². The summed E-state index contributed by atoms with van der Waals surface area (Å²) in [5.41, 5.74) is 3.38. The van der Waals surface area contributed by atoms with Crippen LogP contribution in [0.25, 0.3) is 6.08 Å². The number of amides is 3. The highest BCUT2D eigenvalue weighted by atomic mass is 16.3. The normalized spacial score (nSPS) is 13.7. The van der Waals surface area contributed by atoms with Crippen LogP contribution in [0.5, 0.6) is 0 Å². The Morgan fingerprint density at radius 2 is 1.88 bits per heavy atom.